The minimum absolute atomic E-state index is 0.609. The van der Waals surface area contributed by atoms with Crippen molar-refractivity contribution in [1.29, 1.82) is 0 Å². The minimum atomic E-state index is 0.609. The lowest BCUT2D eigenvalue weighted by atomic mass is 10.1. The Bertz CT molecular complexity index is 930. The maximum absolute atomic E-state index is 6.09. The molecule has 6 nitrogen and oxygen atoms in total. The number of rotatable bonds is 6. The van der Waals surface area contributed by atoms with Crippen molar-refractivity contribution in [3.8, 4) is 22.9 Å². The van der Waals surface area contributed by atoms with Crippen LogP contribution in [0.25, 0.3) is 11.4 Å². The molecule has 1 aromatic carbocycles. The summed E-state index contributed by atoms with van der Waals surface area (Å²) in [5.74, 6) is 2.81. The third kappa shape index (κ3) is 3.78. The van der Waals surface area contributed by atoms with Crippen molar-refractivity contribution in [2.45, 2.75) is 24.8 Å². The number of H-pyrrole nitrogens is 1. The highest BCUT2D eigenvalue weighted by molar-refractivity contribution is 7.98. The highest BCUT2D eigenvalue weighted by Crippen LogP contribution is 2.32. The molecule has 2 aromatic heterocycles. The van der Waals surface area contributed by atoms with Gasteiger partial charge in [0.15, 0.2) is 5.82 Å². The quantitative estimate of drug-likeness (QED) is 0.627. The van der Waals surface area contributed by atoms with E-state index in [1.165, 1.54) is 11.8 Å². The number of hydrogen-bond donors (Lipinski definition) is 1. The van der Waals surface area contributed by atoms with Crippen LogP contribution < -0.4 is 9.47 Å². The molecule has 3 aromatic rings. The Hall–Kier alpha value is -2.25. The number of thioether (sulfide) groups is 1. The van der Waals surface area contributed by atoms with Gasteiger partial charge in [-0.15, -0.1) is 5.10 Å². The number of hydrogen-bond acceptors (Lipinski definition) is 6. The second-order valence-corrected chi connectivity index (χ2v) is 7.02. The third-order valence-corrected chi connectivity index (χ3v) is 5.06. The molecule has 0 aliphatic heterocycles. The van der Waals surface area contributed by atoms with Crippen LogP contribution in [0.2, 0.25) is 5.02 Å². The van der Waals surface area contributed by atoms with Crippen molar-refractivity contribution in [3.63, 3.8) is 0 Å². The van der Waals surface area contributed by atoms with Crippen molar-refractivity contribution in [1.82, 2.24) is 20.2 Å². The average molecular weight is 391 g/mol. The van der Waals surface area contributed by atoms with Crippen molar-refractivity contribution < 1.29 is 9.47 Å². The number of aromatic amines is 1. The fourth-order valence-corrected chi connectivity index (χ4v) is 3.64. The number of aromatic nitrogens is 4. The van der Waals surface area contributed by atoms with Crippen LogP contribution in [0, 0.1) is 13.8 Å². The van der Waals surface area contributed by atoms with E-state index >= 15 is 0 Å². The summed E-state index contributed by atoms with van der Waals surface area (Å²) >= 11 is 7.59. The molecule has 0 unspecified atom stereocenters. The van der Waals surface area contributed by atoms with Crippen LogP contribution >= 0.6 is 23.4 Å². The Balaban J connectivity index is 1.79. The predicted molar refractivity (Wildman–Crippen MR) is 103 cm³/mol. The number of benzene rings is 1. The Morgan fingerprint density at radius 2 is 2.00 bits per heavy atom. The van der Waals surface area contributed by atoms with Crippen LogP contribution in [0.4, 0.5) is 0 Å². The first kappa shape index (κ1) is 18.5. The lowest BCUT2D eigenvalue weighted by Gasteiger charge is -2.11. The lowest BCUT2D eigenvalue weighted by Crippen LogP contribution is -1.98. The van der Waals surface area contributed by atoms with E-state index in [-0.39, 0.29) is 0 Å². The molecule has 0 aliphatic rings. The molecule has 0 saturated heterocycles. The zero-order chi connectivity index (χ0) is 18.7. The van der Waals surface area contributed by atoms with Gasteiger partial charge in [0.2, 0.25) is 5.16 Å². The molecule has 3 rings (SSSR count). The first-order valence-corrected chi connectivity index (χ1v) is 9.28. The molecule has 0 spiro atoms. The molecule has 0 radical (unpaired) electrons. The van der Waals surface area contributed by atoms with E-state index in [4.69, 9.17) is 21.1 Å². The highest BCUT2D eigenvalue weighted by atomic mass is 35.5. The normalized spacial score (nSPS) is 10.8. The van der Waals surface area contributed by atoms with Crippen LogP contribution in [0.5, 0.6) is 11.5 Å². The Labute approximate surface area is 161 Å². The molecular formula is C18H19ClN4O2S. The second-order valence-electron chi connectivity index (χ2n) is 5.65. The summed E-state index contributed by atoms with van der Waals surface area (Å²) in [6, 6.07) is 5.37. The average Bonchev–Trinajstić information content (AvgIpc) is 3.10. The maximum atomic E-state index is 6.09. The van der Waals surface area contributed by atoms with Gasteiger partial charge >= 0.3 is 0 Å². The molecule has 0 atom stereocenters. The Morgan fingerprint density at radius 1 is 1.19 bits per heavy atom. The van der Waals surface area contributed by atoms with Crippen molar-refractivity contribution in [2.24, 2.45) is 0 Å². The third-order valence-electron chi connectivity index (χ3n) is 3.97. The van der Waals surface area contributed by atoms with E-state index in [2.05, 4.69) is 20.2 Å². The van der Waals surface area contributed by atoms with E-state index in [9.17, 15) is 0 Å². The van der Waals surface area contributed by atoms with Crippen LogP contribution in [0.3, 0.4) is 0 Å². The van der Waals surface area contributed by atoms with Gasteiger partial charge in [-0.05, 0) is 32.0 Å². The predicted octanol–water partition coefficient (Wildman–Crippen LogP) is 4.45. The molecule has 2 heterocycles. The molecule has 26 heavy (non-hydrogen) atoms. The monoisotopic (exact) mass is 390 g/mol. The molecule has 136 valence electrons. The fraction of sp³-hybridized carbons (Fsp3) is 0.278. The number of halogens is 1. The summed E-state index contributed by atoms with van der Waals surface area (Å²) < 4.78 is 10.8. The van der Waals surface area contributed by atoms with Crippen molar-refractivity contribution >= 4 is 23.4 Å². The molecule has 0 fully saturated rings. The smallest absolute Gasteiger partial charge is 0.209 e. The van der Waals surface area contributed by atoms with E-state index in [1.807, 2.05) is 20.0 Å². The van der Waals surface area contributed by atoms with E-state index in [0.717, 1.165) is 28.1 Å². The lowest BCUT2D eigenvalue weighted by molar-refractivity contribution is 0.407. The Kier molecular flexibility index (Phi) is 5.68. The zero-order valence-corrected chi connectivity index (χ0v) is 16.5. The fourth-order valence-electron chi connectivity index (χ4n) is 2.65. The second kappa shape index (κ2) is 7.97. The summed E-state index contributed by atoms with van der Waals surface area (Å²) in [6.45, 7) is 3.99. The number of methoxy groups -OCH3 is 2. The van der Waals surface area contributed by atoms with Gasteiger partial charge in [0.1, 0.15) is 11.5 Å². The molecular weight excluding hydrogens is 372 g/mol. The summed E-state index contributed by atoms with van der Waals surface area (Å²) in [6.07, 6.45) is 1.82. The van der Waals surface area contributed by atoms with E-state index < -0.39 is 0 Å². The molecule has 0 aliphatic carbocycles. The summed E-state index contributed by atoms with van der Waals surface area (Å²) in [5.41, 5.74) is 3.77. The van der Waals surface area contributed by atoms with Gasteiger partial charge in [0, 0.05) is 28.1 Å². The zero-order valence-electron chi connectivity index (χ0n) is 15.0. The van der Waals surface area contributed by atoms with E-state index in [1.54, 1.807) is 32.4 Å². The van der Waals surface area contributed by atoms with Gasteiger partial charge in [-0.2, -0.15) is 0 Å². The van der Waals surface area contributed by atoms with Crippen LogP contribution in [0.1, 0.15) is 16.8 Å². The van der Waals surface area contributed by atoms with Gasteiger partial charge in [0.25, 0.3) is 0 Å². The van der Waals surface area contributed by atoms with Crippen molar-refractivity contribution in [3.05, 3.63) is 46.2 Å². The summed E-state index contributed by atoms with van der Waals surface area (Å²) in [5, 5.41) is 8.45. The largest absolute Gasteiger partial charge is 0.496 e. The Morgan fingerprint density at radius 3 is 2.73 bits per heavy atom. The molecule has 8 heteroatoms. The first-order valence-electron chi connectivity index (χ1n) is 7.91. The SMILES string of the molecule is COc1ccc(Cl)cc1-c1nc(SCc2ncc(C)c(OC)c2C)n[nH]1. The molecule has 0 bridgehead atoms. The van der Waals surface area contributed by atoms with Crippen LogP contribution in [0.15, 0.2) is 29.6 Å². The number of ether oxygens (including phenoxy) is 2. The standard InChI is InChI=1S/C18H19ClN4O2S/c1-10-8-20-14(11(2)16(10)25-4)9-26-18-21-17(22-23-18)13-7-12(19)5-6-15(13)24-3/h5-8H,9H2,1-4H3,(H,21,22,23). The van der Waals surface area contributed by atoms with Gasteiger partial charge in [0.05, 0.1) is 25.5 Å². The summed E-state index contributed by atoms with van der Waals surface area (Å²) in [4.78, 5) is 9.04. The number of nitrogens with one attached hydrogen (secondary N) is 1. The molecule has 0 saturated carbocycles. The number of nitrogens with zero attached hydrogens (tertiary/aromatic N) is 3. The van der Waals surface area contributed by atoms with E-state index in [0.29, 0.717) is 27.5 Å². The minimum Gasteiger partial charge on any atom is -0.496 e. The van der Waals surface area contributed by atoms with Crippen LogP contribution in [-0.2, 0) is 5.75 Å². The maximum Gasteiger partial charge on any atom is 0.209 e. The van der Waals surface area contributed by atoms with Gasteiger partial charge in [-0.1, -0.05) is 23.4 Å². The highest BCUT2D eigenvalue weighted by Gasteiger charge is 2.14. The van der Waals surface area contributed by atoms with Gasteiger partial charge in [-0.3, -0.25) is 10.1 Å². The van der Waals surface area contributed by atoms with Gasteiger partial charge in [-0.25, -0.2) is 4.98 Å². The molecule has 0 amide bonds. The summed E-state index contributed by atoms with van der Waals surface area (Å²) in [7, 11) is 3.28. The number of aryl methyl sites for hydroxylation is 1. The molecule has 1 N–H and O–H groups in total. The number of pyridine rings is 1. The topological polar surface area (TPSA) is 72.9 Å². The van der Waals surface area contributed by atoms with Gasteiger partial charge < -0.3 is 9.47 Å². The first-order chi connectivity index (χ1) is 12.5. The van der Waals surface area contributed by atoms with Crippen LogP contribution in [-0.4, -0.2) is 34.4 Å². The van der Waals surface area contributed by atoms with Crippen molar-refractivity contribution in [2.75, 3.05) is 14.2 Å².